The third-order valence-corrected chi connectivity index (χ3v) is 4.10. The Balaban J connectivity index is 2.08. The minimum absolute atomic E-state index is 0.131. The summed E-state index contributed by atoms with van der Waals surface area (Å²) in [6.07, 6.45) is 2.30. The molecule has 2 amide bonds. The summed E-state index contributed by atoms with van der Waals surface area (Å²) in [5, 5.41) is 5.19. The van der Waals surface area contributed by atoms with Crippen molar-refractivity contribution in [3.05, 3.63) is 65.7 Å². The summed E-state index contributed by atoms with van der Waals surface area (Å²) in [4.78, 5) is 24.7. The molecule has 1 atom stereocenters. The van der Waals surface area contributed by atoms with Crippen molar-refractivity contribution >= 4 is 29.3 Å². The molecule has 4 nitrogen and oxygen atoms in total. The largest absolute Gasteiger partial charge is 0.340 e. The van der Waals surface area contributed by atoms with E-state index in [1.165, 1.54) is 6.07 Å². The predicted octanol–water partition coefficient (Wildman–Crippen LogP) is 3.46. The van der Waals surface area contributed by atoms with Crippen LogP contribution >= 0.6 is 11.8 Å². The van der Waals surface area contributed by atoms with Crippen molar-refractivity contribution in [2.75, 3.05) is 17.3 Å². The Morgan fingerprint density at radius 3 is 2.44 bits per heavy atom. The number of thioether (sulfide) groups is 1. The van der Waals surface area contributed by atoms with Crippen LogP contribution in [0.4, 0.5) is 14.5 Å². The smallest absolute Gasteiger partial charge is 0.251 e. The summed E-state index contributed by atoms with van der Waals surface area (Å²) < 4.78 is 26.2. The summed E-state index contributed by atoms with van der Waals surface area (Å²) >= 11 is 1.54. The van der Waals surface area contributed by atoms with Crippen molar-refractivity contribution in [3.63, 3.8) is 0 Å². The molecule has 2 aromatic rings. The Hall–Kier alpha value is -2.41. The van der Waals surface area contributed by atoms with Crippen molar-refractivity contribution in [2.45, 2.75) is 12.5 Å². The van der Waals surface area contributed by atoms with Gasteiger partial charge >= 0.3 is 0 Å². The second-order valence-corrected chi connectivity index (χ2v) is 6.28. The van der Waals surface area contributed by atoms with Gasteiger partial charge < -0.3 is 10.6 Å². The van der Waals surface area contributed by atoms with E-state index in [-0.39, 0.29) is 11.6 Å². The van der Waals surface area contributed by atoms with E-state index in [1.54, 1.807) is 42.1 Å². The first-order chi connectivity index (χ1) is 12.0. The molecule has 0 saturated carbocycles. The quantitative estimate of drug-likeness (QED) is 0.791. The first-order valence-corrected chi connectivity index (χ1v) is 9.01. The molecule has 0 unspecified atom stereocenters. The van der Waals surface area contributed by atoms with Crippen LogP contribution in [0.5, 0.6) is 0 Å². The molecule has 0 aromatic heterocycles. The van der Waals surface area contributed by atoms with Crippen molar-refractivity contribution < 1.29 is 18.4 Å². The number of benzene rings is 2. The molecule has 0 aliphatic heterocycles. The molecule has 0 radical (unpaired) electrons. The number of carbonyl (C=O) groups excluding carboxylic acids is 2. The zero-order chi connectivity index (χ0) is 18.2. The number of rotatable bonds is 7. The maximum absolute atomic E-state index is 13.3. The van der Waals surface area contributed by atoms with Gasteiger partial charge in [0.25, 0.3) is 5.91 Å². The number of hydrogen-bond acceptors (Lipinski definition) is 3. The van der Waals surface area contributed by atoms with Gasteiger partial charge in [-0.05, 0) is 42.7 Å². The van der Waals surface area contributed by atoms with Crippen LogP contribution in [0.15, 0.2) is 48.5 Å². The molecule has 0 spiro atoms. The number of halogens is 2. The van der Waals surface area contributed by atoms with Crippen molar-refractivity contribution in [1.29, 1.82) is 0 Å². The molecule has 2 N–H and O–H groups in total. The molecule has 132 valence electrons. The molecule has 0 bridgehead atoms. The lowest BCUT2D eigenvalue weighted by atomic mass is 10.1. The highest BCUT2D eigenvalue weighted by Crippen LogP contribution is 2.14. The average molecular weight is 364 g/mol. The van der Waals surface area contributed by atoms with Gasteiger partial charge in [0.2, 0.25) is 5.91 Å². The second kappa shape index (κ2) is 9.17. The fraction of sp³-hybridized carbons (Fsp3) is 0.222. The van der Waals surface area contributed by atoms with Crippen LogP contribution in [-0.4, -0.2) is 29.9 Å². The fourth-order valence-corrected chi connectivity index (χ4v) is 2.61. The van der Waals surface area contributed by atoms with Gasteiger partial charge in [-0.15, -0.1) is 0 Å². The number of nitrogens with one attached hydrogen (secondary N) is 2. The van der Waals surface area contributed by atoms with Crippen LogP contribution < -0.4 is 10.6 Å². The molecule has 7 heteroatoms. The van der Waals surface area contributed by atoms with Crippen LogP contribution in [0.3, 0.4) is 0 Å². The molecule has 0 saturated heterocycles. The van der Waals surface area contributed by atoms with E-state index in [0.717, 1.165) is 12.1 Å². The Morgan fingerprint density at radius 2 is 1.80 bits per heavy atom. The molecule has 0 fully saturated rings. The lowest BCUT2D eigenvalue weighted by Crippen LogP contribution is -2.44. The number of anilines is 1. The Morgan fingerprint density at radius 1 is 1.08 bits per heavy atom. The highest BCUT2D eigenvalue weighted by molar-refractivity contribution is 7.98. The zero-order valence-electron chi connectivity index (χ0n) is 13.6. The average Bonchev–Trinajstić information content (AvgIpc) is 2.62. The minimum Gasteiger partial charge on any atom is -0.340 e. The van der Waals surface area contributed by atoms with Crippen molar-refractivity contribution in [2.24, 2.45) is 0 Å². The molecular weight excluding hydrogens is 346 g/mol. The highest BCUT2D eigenvalue weighted by Gasteiger charge is 2.21. The van der Waals surface area contributed by atoms with Gasteiger partial charge in [-0.1, -0.05) is 18.2 Å². The summed E-state index contributed by atoms with van der Waals surface area (Å²) in [7, 11) is 0. The molecule has 2 aromatic carbocycles. The van der Waals surface area contributed by atoms with Gasteiger partial charge in [0.1, 0.15) is 6.04 Å². The molecule has 0 aliphatic carbocycles. The van der Waals surface area contributed by atoms with Gasteiger partial charge in [-0.2, -0.15) is 11.8 Å². The standard InChI is InChI=1S/C18H18F2N2O2S/c1-25-10-9-16(22-17(23)12-5-3-2-4-6-12)18(24)21-13-7-8-14(19)15(20)11-13/h2-8,11,16H,9-10H2,1H3,(H,21,24)(H,22,23)/t16-/m0/s1. The number of amides is 2. The topological polar surface area (TPSA) is 58.2 Å². The third-order valence-electron chi connectivity index (χ3n) is 3.46. The molecular formula is C18H18F2N2O2S. The van der Waals surface area contributed by atoms with E-state index in [1.807, 2.05) is 6.26 Å². The first kappa shape index (κ1) is 18.9. The molecule has 25 heavy (non-hydrogen) atoms. The van der Waals surface area contributed by atoms with Gasteiger partial charge in [0.05, 0.1) is 0 Å². The van der Waals surface area contributed by atoms with Crippen LogP contribution in [0, 0.1) is 11.6 Å². The Kier molecular flexibility index (Phi) is 6.94. The summed E-state index contributed by atoms with van der Waals surface area (Å²) in [6, 6.07) is 10.9. The van der Waals surface area contributed by atoms with Gasteiger partial charge in [0.15, 0.2) is 11.6 Å². The van der Waals surface area contributed by atoms with Gasteiger partial charge in [0, 0.05) is 17.3 Å². The lowest BCUT2D eigenvalue weighted by Gasteiger charge is -2.18. The Labute approximate surface area is 149 Å². The monoisotopic (exact) mass is 364 g/mol. The Bertz CT molecular complexity index is 741. The first-order valence-electron chi connectivity index (χ1n) is 7.62. The maximum atomic E-state index is 13.3. The normalized spacial score (nSPS) is 11.6. The van der Waals surface area contributed by atoms with E-state index in [9.17, 15) is 18.4 Å². The summed E-state index contributed by atoms with van der Waals surface area (Å²) in [5.41, 5.74) is 0.573. The van der Waals surface area contributed by atoms with Crippen LogP contribution in [0.25, 0.3) is 0 Å². The predicted molar refractivity (Wildman–Crippen MR) is 95.7 cm³/mol. The lowest BCUT2D eigenvalue weighted by molar-refractivity contribution is -0.118. The van der Waals surface area contributed by atoms with Crippen molar-refractivity contribution in [1.82, 2.24) is 5.32 Å². The van der Waals surface area contributed by atoms with E-state index >= 15 is 0 Å². The van der Waals surface area contributed by atoms with Crippen molar-refractivity contribution in [3.8, 4) is 0 Å². The molecule has 2 rings (SSSR count). The second-order valence-electron chi connectivity index (χ2n) is 5.29. The van der Waals surface area contributed by atoms with Gasteiger partial charge in [-0.25, -0.2) is 8.78 Å². The van der Waals surface area contributed by atoms with Crippen LogP contribution in [-0.2, 0) is 4.79 Å². The van der Waals surface area contributed by atoms with Gasteiger partial charge in [-0.3, -0.25) is 9.59 Å². The SMILES string of the molecule is CSCC[C@H](NC(=O)c1ccccc1)C(=O)Nc1ccc(F)c(F)c1. The summed E-state index contributed by atoms with van der Waals surface area (Å²) in [5.74, 6) is -2.23. The number of carbonyl (C=O) groups is 2. The summed E-state index contributed by atoms with van der Waals surface area (Å²) in [6.45, 7) is 0. The van der Waals surface area contributed by atoms with Crippen LogP contribution in [0.1, 0.15) is 16.8 Å². The van der Waals surface area contributed by atoms with E-state index in [2.05, 4.69) is 10.6 Å². The molecule has 0 heterocycles. The zero-order valence-corrected chi connectivity index (χ0v) is 14.4. The van der Waals surface area contributed by atoms with E-state index in [0.29, 0.717) is 17.7 Å². The minimum atomic E-state index is -1.05. The van der Waals surface area contributed by atoms with E-state index < -0.39 is 23.6 Å². The number of hydrogen-bond donors (Lipinski definition) is 2. The highest BCUT2D eigenvalue weighted by atomic mass is 32.2. The fourth-order valence-electron chi connectivity index (χ4n) is 2.14. The van der Waals surface area contributed by atoms with E-state index in [4.69, 9.17) is 0 Å². The molecule has 0 aliphatic rings. The third kappa shape index (κ3) is 5.56. The van der Waals surface area contributed by atoms with Crippen LogP contribution in [0.2, 0.25) is 0 Å². The maximum Gasteiger partial charge on any atom is 0.251 e.